The van der Waals surface area contributed by atoms with Crippen LogP contribution in [0.4, 0.5) is 25.1 Å². The van der Waals surface area contributed by atoms with Crippen LogP contribution in [-0.2, 0) is 22.5 Å². The highest BCUT2D eigenvalue weighted by molar-refractivity contribution is 6.31. The van der Waals surface area contributed by atoms with Crippen molar-refractivity contribution in [1.82, 2.24) is 15.3 Å². The Morgan fingerprint density at radius 1 is 1.37 bits per heavy atom. The van der Waals surface area contributed by atoms with E-state index in [4.69, 9.17) is 16.3 Å². The van der Waals surface area contributed by atoms with Gasteiger partial charge in [0.05, 0.1) is 11.4 Å². The molecule has 2 aliphatic heterocycles. The Hall–Kier alpha value is -2.85. The maximum absolute atomic E-state index is 14.4. The van der Waals surface area contributed by atoms with Crippen LogP contribution in [0.2, 0.25) is 5.02 Å². The fraction of sp³-hybridized carbons (Fsp3) is 0.368. The molecule has 4 rings (SSSR count). The maximum atomic E-state index is 14.4. The molecule has 1 atom stereocenters. The molecule has 30 heavy (non-hydrogen) atoms. The Morgan fingerprint density at radius 3 is 2.90 bits per heavy atom. The Labute approximate surface area is 175 Å². The lowest BCUT2D eigenvalue weighted by molar-refractivity contribution is -0.119. The number of aromatic nitrogens is 2. The average molecular weight is 438 g/mol. The van der Waals surface area contributed by atoms with Gasteiger partial charge in [-0.25, -0.2) is 28.4 Å². The van der Waals surface area contributed by atoms with E-state index in [-0.39, 0.29) is 18.1 Å². The predicted molar refractivity (Wildman–Crippen MR) is 105 cm³/mol. The molecule has 158 valence electrons. The lowest BCUT2D eigenvalue weighted by Crippen LogP contribution is -2.48. The lowest BCUT2D eigenvalue weighted by atomic mass is 10.1. The number of ether oxygens (including phenoxy) is 1. The van der Waals surface area contributed by atoms with Gasteiger partial charge in [-0.1, -0.05) is 11.6 Å². The first-order chi connectivity index (χ1) is 14.3. The highest BCUT2D eigenvalue weighted by atomic mass is 35.5. The monoisotopic (exact) mass is 437 g/mol. The molecule has 0 aliphatic carbocycles. The van der Waals surface area contributed by atoms with Crippen LogP contribution >= 0.6 is 11.6 Å². The van der Waals surface area contributed by atoms with E-state index in [1.807, 2.05) is 0 Å². The second-order valence-electron chi connectivity index (χ2n) is 7.00. The average Bonchev–Trinajstić information content (AvgIpc) is 3.11. The van der Waals surface area contributed by atoms with Gasteiger partial charge in [-0.15, -0.1) is 0 Å². The zero-order chi connectivity index (χ0) is 21.6. The number of anilines is 2. The SMILES string of the molecule is Cc1nc2c(c(N3C(=O)OCC3C(=O)N(C)c3ccc(F)c(Cl)c3F)n1)CNCC2. The van der Waals surface area contributed by atoms with Crippen molar-refractivity contribution in [2.45, 2.75) is 25.9 Å². The highest BCUT2D eigenvalue weighted by Gasteiger charge is 2.43. The molecule has 0 saturated carbocycles. The Kier molecular flexibility index (Phi) is 5.29. The first kappa shape index (κ1) is 20.4. The van der Waals surface area contributed by atoms with E-state index in [2.05, 4.69) is 15.3 Å². The number of hydrogen-bond donors (Lipinski definition) is 1. The quantitative estimate of drug-likeness (QED) is 0.742. The molecule has 0 radical (unpaired) electrons. The second kappa shape index (κ2) is 7.77. The van der Waals surface area contributed by atoms with Crippen molar-refractivity contribution in [3.05, 3.63) is 45.9 Å². The van der Waals surface area contributed by atoms with Crippen molar-refractivity contribution in [2.24, 2.45) is 0 Å². The smallest absolute Gasteiger partial charge is 0.416 e. The number of likely N-dealkylation sites (N-methyl/N-ethyl adjacent to an activating group) is 1. The van der Waals surface area contributed by atoms with Crippen molar-refractivity contribution < 1.29 is 23.1 Å². The fourth-order valence-electron chi connectivity index (χ4n) is 3.60. The molecule has 2 aromatic rings. The minimum absolute atomic E-state index is 0.215. The number of carbonyl (C=O) groups excluding carboxylic acids is 2. The van der Waals surface area contributed by atoms with Gasteiger partial charge in [0.1, 0.15) is 29.1 Å². The number of carbonyl (C=O) groups is 2. The summed E-state index contributed by atoms with van der Waals surface area (Å²) in [7, 11) is 1.32. The van der Waals surface area contributed by atoms with Crippen LogP contribution in [0.3, 0.4) is 0 Å². The molecule has 3 heterocycles. The third-order valence-corrected chi connectivity index (χ3v) is 5.46. The summed E-state index contributed by atoms with van der Waals surface area (Å²) in [6, 6.07) is 0.997. The van der Waals surface area contributed by atoms with E-state index >= 15 is 0 Å². The van der Waals surface area contributed by atoms with E-state index in [0.717, 1.165) is 29.3 Å². The fourth-order valence-corrected chi connectivity index (χ4v) is 3.76. The summed E-state index contributed by atoms with van der Waals surface area (Å²) in [5.74, 6) is -1.88. The van der Waals surface area contributed by atoms with Gasteiger partial charge < -0.3 is 15.0 Å². The third kappa shape index (κ3) is 3.35. The standard InChI is InChI=1S/C19H18ClF2N5O3/c1-9-24-12-5-6-23-7-10(12)17(25-9)27-14(8-30-19(27)29)18(28)26(2)13-4-3-11(21)15(20)16(13)22/h3-4,14,23H,5-8H2,1-2H3. The van der Waals surface area contributed by atoms with E-state index < -0.39 is 34.7 Å². The summed E-state index contributed by atoms with van der Waals surface area (Å²) in [6.45, 7) is 2.65. The molecule has 2 aliphatic rings. The van der Waals surface area contributed by atoms with Crippen LogP contribution in [0.1, 0.15) is 17.1 Å². The van der Waals surface area contributed by atoms with Crippen LogP contribution in [0.5, 0.6) is 0 Å². The van der Waals surface area contributed by atoms with Crippen molar-refractivity contribution in [3.63, 3.8) is 0 Å². The Balaban J connectivity index is 1.71. The molecule has 2 amide bonds. The Bertz CT molecular complexity index is 1050. The number of cyclic esters (lactones) is 1. The molecule has 11 heteroatoms. The molecule has 1 unspecified atom stereocenters. The predicted octanol–water partition coefficient (Wildman–Crippen LogP) is 2.35. The maximum Gasteiger partial charge on any atom is 0.416 e. The highest BCUT2D eigenvalue weighted by Crippen LogP contribution is 2.32. The molecular formula is C19H18ClF2N5O3. The van der Waals surface area contributed by atoms with Crippen molar-refractivity contribution in [1.29, 1.82) is 0 Å². The molecule has 1 aromatic carbocycles. The normalized spacial score (nSPS) is 18.2. The number of amides is 2. The van der Waals surface area contributed by atoms with Crippen LogP contribution in [0, 0.1) is 18.6 Å². The summed E-state index contributed by atoms with van der Waals surface area (Å²) < 4.78 is 33.0. The topological polar surface area (TPSA) is 87.7 Å². The first-order valence-electron chi connectivity index (χ1n) is 9.23. The van der Waals surface area contributed by atoms with Crippen LogP contribution in [0.25, 0.3) is 0 Å². The van der Waals surface area contributed by atoms with Gasteiger partial charge in [0, 0.05) is 32.1 Å². The number of fused-ring (bicyclic) bond motifs is 1. The van der Waals surface area contributed by atoms with Crippen molar-refractivity contribution >= 4 is 35.1 Å². The summed E-state index contributed by atoms with van der Waals surface area (Å²) in [5, 5.41) is 2.48. The molecule has 1 aromatic heterocycles. The van der Waals surface area contributed by atoms with E-state index in [0.29, 0.717) is 24.4 Å². The van der Waals surface area contributed by atoms with E-state index in [1.165, 1.54) is 11.9 Å². The number of nitrogens with zero attached hydrogens (tertiary/aromatic N) is 4. The summed E-state index contributed by atoms with van der Waals surface area (Å²) >= 11 is 5.63. The zero-order valence-electron chi connectivity index (χ0n) is 16.2. The van der Waals surface area contributed by atoms with Gasteiger partial charge in [-0.3, -0.25) is 4.79 Å². The lowest BCUT2D eigenvalue weighted by Gasteiger charge is -2.28. The largest absolute Gasteiger partial charge is 0.446 e. The number of benzene rings is 1. The van der Waals surface area contributed by atoms with Gasteiger partial charge in [-0.05, 0) is 19.1 Å². The minimum atomic E-state index is -1.08. The van der Waals surface area contributed by atoms with Gasteiger partial charge >= 0.3 is 6.09 Å². The zero-order valence-corrected chi connectivity index (χ0v) is 17.0. The second-order valence-corrected chi connectivity index (χ2v) is 7.38. The number of hydrogen-bond acceptors (Lipinski definition) is 6. The third-order valence-electron chi connectivity index (χ3n) is 5.12. The van der Waals surface area contributed by atoms with Crippen molar-refractivity contribution in [2.75, 3.05) is 30.0 Å². The van der Waals surface area contributed by atoms with E-state index in [1.54, 1.807) is 6.92 Å². The number of nitrogens with one attached hydrogen (secondary N) is 1. The molecule has 1 fully saturated rings. The van der Waals surface area contributed by atoms with Gasteiger partial charge in [0.25, 0.3) is 5.91 Å². The molecule has 8 nitrogen and oxygen atoms in total. The minimum Gasteiger partial charge on any atom is -0.446 e. The summed E-state index contributed by atoms with van der Waals surface area (Å²) in [6.07, 6.45) is -0.0722. The Morgan fingerprint density at radius 2 is 2.13 bits per heavy atom. The number of rotatable bonds is 3. The van der Waals surface area contributed by atoms with Gasteiger partial charge in [-0.2, -0.15) is 0 Å². The molecule has 0 bridgehead atoms. The van der Waals surface area contributed by atoms with E-state index in [9.17, 15) is 18.4 Å². The van der Waals surface area contributed by atoms with Gasteiger partial charge in [0.15, 0.2) is 11.9 Å². The first-order valence-corrected chi connectivity index (χ1v) is 9.61. The number of aryl methyl sites for hydroxylation is 1. The molecule has 0 spiro atoms. The van der Waals surface area contributed by atoms with Crippen molar-refractivity contribution in [3.8, 4) is 0 Å². The molecule has 1 N–H and O–H groups in total. The van der Waals surface area contributed by atoms with Crippen LogP contribution < -0.4 is 15.1 Å². The van der Waals surface area contributed by atoms with Crippen LogP contribution in [0.15, 0.2) is 12.1 Å². The molecular weight excluding hydrogens is 420 g/mol. The number of halogens is 3. The molecule has 1 saturated heterocycles. The van der Waals surface area contributed by atoms with Gasteiger partial charge in [0.2, 0.25) is 0 Å². The van der Waals surface area contributed by atoms with Crippen LogP contribution in [-0.4, -0.2) is 48.2 Å². The summed E-state index contributed by atoms with van der Waals surface area (Å²) in [4.78, 5) is 36.7. The summed E-state index contributed by atoms with van der Waals surface area (Å²) in [5.41, 5.74) is 1.29.